The average Bonchev–Trinajstić information content (AvgIpc) is 2.87. The van der Waals surface area contributed by atoms with Crippen molar-refractivity contribution in [3.63, 3.8) is 0 Å². The Morgan fingerprint density at radius 1 is 1.11 bits per heavy atom. The number of benzene rings is 1. The van der Waals surface area contributed by atoms with Gasteiger partial charge in [0.25, 0.3) is 0 Å². The molecule has 0 bridgehead atoms. The van der Waals surface area contributed by atoms with E-state index in [-0.39, 0.29) is 0 Å². The third kappa shape index (κ3) is 4.03. The van der Waals surface area contributed by atoms with Crippen molar-refractivity contribution in [1.82, 2.24) is 9.78 Å². The second-order valence-corrected chi connectivity index (χ2v) is 5.13. The fourth-order valence-corrected chi connectivity index (χ4v) is 2.01. The molecule has 0 unspecified atom stereocenters. The monoisotopic (exact) mass is 318 g/mol. The lowest BCUT2D eigenvalue weighted by Gasteiger charge is -2.03. The summed E-state index contributed by atoms with van der Waals surface area (Å²) in [5, 5.41) is 5.33. The molecule has 0 saturated heterocycles. The van der Waals surface area contributed by atoms with E-state index in [1.165, 1.54) is 0 Å². The molecule has 0 atom stereocenters. The van der Waals surface area contributed by atoms with Crippen LogP contribution in [-0.4, -0.2) is 22.3 Å². The van der Waals surface area contributed by atoms with Gasteiger partial charge in [0.2, 0.25) is 5.88 Å². The van der Waals surface area contributed by atoms with E-state index in [9.17, 15) is 0 Å². The van der Waals surface area contributed by atoms with E-state index >= 15 is 0 Å². The first-order valence-corrected chi connectivity index (χ1v) is 7.19. The first kappa shape index (κ1) is 14.5. The predicted octanol–water partition coefficient (Wildman–Crippen LogP) is 4.58. The second-order valence-electron chi connectivity index (χ2n) is 3.94. The molecule has 0 aliphatic carbocycles. The predicted molar refractivity (Wildman–Crippen MR) is 79.0 cm³/mol. The zero-order chi connectivity index (χ0) is 13.7. The summed E-state index contributed by atoms with van der Waals surface area (Å²) in [6.07, 6.45) is 3.68. The molecular weight excluding hydrogens is 307 g/mol. The summed E-state index contributed by atoms with van der Waals surface area (Å²) in [6, 6.07) is 7.15. The number of rotatable bonds is 6. The van der Waals surface area contributed by atoms with Crippen molar-refractivity contribution < 1.29 is 4.74 Å². The quantitative estimate of drug-likeness (QED) is 0.576. The number of hydrogen-bond acceptors (Lipinski definition) is 2. The highest BCUT2D eigenvalue weighted by atomic mass is 35.5. The van der Waals surface area contributed by atoms with Crippen molar-refractivity contribution in [3.8, 4) is 11.6 Å². The molecule has 0 fully saturated rings. The summed E-state index contributed by atoms with van der Waals surface area (Å²) < 4.78 is 7.21. The number of alkyl halides is 1. The molecule has 6 heteroatoms. The Bertz CT molecular complexity index is 542. The topological polar surface area (TPSA) is 27.1 Å². The Labute approximate surface area is 127 Å². The van der Waals surface area contributed by atoms with E-state index in [0.717, 1.165) is 18.5 Å². The van der Waals surface area contributed by atoms with Crippen LogP contribution in [0.2, 0.25) is 10.0 Å². The molecule has 1 heterocycles. The van der Waals surface area contributed by atoms with E-state index in [0.29, 0.717) is 28.4 Å². The number of aromatic nitrogens is 2. The molecule has 0 saturated carbocycles. The maximum absolute atomic E-state index is 5.97. The van der Waals surface area contributed by atoms with Gasteiger partial charge in [-0.2, -0.15) is 0 Å². The third-order valence-electron chi connectivity index (χ3n) is 2.51. The first-order valence-electron chi connectivity index (χ1n) is 5.90. The molecule has 0 amide bonds. The number of unbranched alkanes of at least 4 members (excludes halogenated alkanes) is 1. The van der Waals surface area contributed by atoms with E-state index in [1.807, 2.05) is 18.3 Å². The smallest absolute Gasteiger partial charge is 0.233 e. The minimum absolute atomic E-state index is 0.499. The van der Waals surface area contributed by atoms with Gasteiger partial charge >= 0.3 is 0 Å². The van der Waals surface area contributed by atoms with Crippen LogP contribution < -0.4 is 4.74 Å². The van der Waals surface area contributed by atoms with Gasteiger partial charge in [-0.25, -0.2) is 4.68 Å². The zero-order valence-electron chi connectivity index (χ0n) is 10.2. The largest absolute Gasteiger partial charge is 0.477 e. The number of ether oxygens (including phenoxy) is 1. The van der Waals surface area contributed by atoms with E-state index in [1.54, 1.807) is 16.8 Å². The Morgan fingerprint density at radius 2 is 1.95 bits per heavy atom. The summed E-state index contributed by atoms with van der Waals surface area (Å²) in [6.45, 7) is 0.616. The van der Waals surface area contributed by atoms with Gasteiger partial charge in [-0.1, -0.05) is 23.2 Å². The van der Waals surface area contributed by atoms with Crippen molar-refractivity contribution >= 4 is 34.8 Å². The molecule has 3 nitrogen and oxygen atoms in total. The molecule has 2 aromatic rings. The standard InChI is InChI=1S/C13H13Cl3N2O/c14-6-1-2-8-19-13-5-7-18(17-13)10-3-4-11(15)12(16)9-10/h3-5,7,9H,1-2,6,8H2. The lowest BCUT2D eigenvalue weighted by atomic mass is 10.3. The molecule has 1 aromatic heterocycles. The van der Waals surface area contributed by atoms with Crippen molar-refractivity contribution in [3.05, 3.63) is 40.5 Å². The molecule has 2 rings (SSSR count). The van der Waals surface area contributed by atoms with Crippen molar-refractivity contribution in [1.29, 1.82) is 0 Å². The van der Waals surface area contributed by atoms with Gasteiger partial charge in [-0.3, -0.25) is 0 Å². The minimum atomic E-state index is 0.499. The van der Waals surface area contributed by atoms with Crippen molar-refractivity contribution in [2.24, 2.45) is 0 Å². The second kappa shape index (κ2) is 7.04. The number of hydrogen-bond donors (Lipinski definition) is 0. The van der Waals surface area contributed by atoms with E-state index < -0.39 is 0 Å². The minimum Gasteiger partial charge on any atom is -0.477 e. The van der Waals surface area contributed by atoms with Crippen molar-refractivity contribution in [2.45, 2.75) is 12.8 Å². The number of halogens is 3. The van der Waals surface area contributed by atoms with Crippen LogP contribution in [0.1, 0.15) is 12.8 Å². The van der Waals surface area contributed by atoms with Crippen LogP contribution in [0.25, 0.3) is 5.69 Å². The van der Waals surface area contributed by atoms with Gasteiger partial charge < -0.3 is 4.74 Å². The van der Waals surface area contributed by atoms with Crippen LogP contribution in [0.3, 0.4) is 0 Å². The average molecular weight is 320 g/mol. The van der Waals surface area contributed by atoms with Crippen LogP contribution in [0, 0.1) is 0 Å². The Hall–Kier alpha value is -0.900. The fraction of sp³-hybridized carbons (Fsp3) is 0.308. The molecule has 0 aliphatic rings. The van der Waals surface area contributed by atoms with Gasteiger partial charge in [-0.05, 0) is 31.0 Å². The molecule has 0 N–H and O–H groups in total. The highest BCUT2D eigenvalue weighted by Crippen LogP contribution is 2.24. The highest BCUT2D eigenvalue weighted by Gasteiger charge is 2.04. The van der Waals surface area contributed by atoms with Gasteiger partial charge in [-0.15, -0.1) is 16.7 Å². The lowest BCUT2D eigenvalue weighted by Crippen LogP contribution is -2.00. The molecule has 19 heavy (non-hydrogen) atoms. The molecule has 102 valence electrons. The molecule has 0 aliphatic heterocycles. The van der Waals surface area contributed by atoms with Gasteiger partial charge in [0, 0.05) is 18.1 Å². The summed E-state index contributed by atoms with van der Waals surface area (Å²) >= 11 is 17.4. The Morgan fingerprint density at radius 3 is 2.68 bits per heavy atom. The van der Waals surface area contributed by atoms with E-state index in [4.69, 9.17) is 39.5 Å². The van der Waals surface area contributed by atoms with Crippen LogP contribution in [0.15, 0.2) is 30.5 Å². The maximum Gasteiger partial charge on any atom is 0.233 e. The van der Waals surface area contributed by atoms with Gasteiger partial charge in [0.15, 0.2) is 0 Å². The Kier molecular flexibility index (Phi) is 5.37. The Balaban J connectivity index is 2.01. The van der Waals surface area contributed by atoms with Crippen LogP contribution in [0.4, 0.5) is 0 Å². The summed E-state index contributed by atoms with van der Waals surface area (Å²) in [7, 11) is 0. The normalized spacial score (nSPS) is 10.7. The van der Waals surface area contributed by atoms with Crippen LogP contribution in [0.5, 0.6) is 5.88 Å². The number of nitrogens with zero attached hydrogens (tertiary/aromatic N) is 2. The maximum atomic E-state index is 5.97. The third-order valence-corrected chi connectivity index (χ3v) is 3.52. The summed E-state index contributed by atoms with van der Waals surface area (Å²) in [5.74, 6) is 1.24. The summed E-state index contributed by atoms with van der Waals surface area (Å²) in [5.41, 5.74) is 0.838. The van der Waals surface area contributed by atoms with Crippen LogP contribution >= 0.6 is 34.8 Å². The highest BCUT2D eigenvalue weighted by molar-refractivity contribution is 6.42. The lowest BCUT2D eigenvalue weighted by molar-refractivity contribution is 0.296. The molecule has 0 radical (unpaired) electrons. The van der Waals surface area contributed by atoms with E-state index in [2.05, 4.69) is 5.10 Å². The molecule has 1 aromatic carbocycles. The SMILES string of the molecule is ClCCCCOc1ccn(-c2ccc(Cl)c(Cl)c2)n1. The van der Waals surface area contributed by atoms with Gasteiger partial charge in [0.05, 0.1) is 22.3 Å². The first-order chi connectivity index (χ1) is 9.20. The fourth-order valence-electron chi connectivity index (χ4n) is 1.53. The summed E-state index contributed by atoms with van der Waals surface area (Å²) in [4.78, 5) is 0. The van der Waals surface area contributed by atoms with Crippen molar-refractivity contribution in [2.75, 3.05) is 12.5 Å². The zero-order valence-corrected chi connectivity index (χ0v) is 12.4. The van der Waals surface area contributed by atoms with Crippen LogP contribution in [-0.2, 0) is 0 Å². The molecular formula is C13H13Cl3N2O. The molecule has 0 spiro atoms. The van der Waals surface area contributed by atoms with Gasteiger partial charge in [0.1, 0.15) is 0 Å².